The first-order chi connectivity index (χ1) is 11.5. The third kappa shape index (κ3) is 4.79. The van der Waals surface area contributed by atoms with Crippen molar-refractivity contribution in [3.8, 4) is 5.75 Å². The number of non-ortho nitro benzene ring substituents is 1. The molecule has 8 heteroatoms. The second-order valence-electron chi connectivity index (χ2n) is 4.78. The van der Waals surface area contributed by atoms with Crippen molar-refractivity contribution in [3.63, 3.8) is 0 Å². The number of hydrogen-bond acceptors (Lipinski definition) is 5. The summed E-state index contributed by atoms with van der Waals surface area (Å²) in [7, 11) is 1.56. The summed E-state index contributed by atoms with van der Waals surface area (Å²) in [5.41, 5.74) is 3.39. The van der Waals surface area contributed by atoms with Crippen molar-refractivity contribution in [1.29, 1.82) is 0 Å². The van der Waals surface area contributed by atoms with Gasteiger partial charge in [-0.15, -0.1) is 0 Å². The lowest BCUT2D eigenvalue weighted by atomic mass is 10.1. The predicted octanol–water partition coefficient (Wildman–Crippen LogP) is 2.95. The summed E-state index contributed by atoms with van der Waals surface area (Å²) in [6.07, 6.45) is 1.41. The maximum atomic E-state index is 11.8. The number of nitrogens with zero attached hydrogens (tertiary/aromatic N) is 2. The summed E-state index contributed by atoms with van der Waals surface area (Å²) in [5, 5.41) is 14.8. The standard InChI is InChI=1S/C16H14ClN3O4/c1-24-14-5-2-11(3-6-14)8-16(21)19-18-10-12-9-13(20(22)23)4-7-15(12)17/h2-7,9-10H,8H2,1H3,(H,19,21)/b18-10+. The molecule has 2 rings (SSSR count). The molecule has 0 radical (unpaired) electrons. The molecule has 0 aliphatic rings. The van der Waals surface area contributed by atoms with Crippen LogP contribution in [0.25, 0.3) is 0 Å². The van der Waals surface area contributed by atoms with Gasteiger partial charge in [-0.1, -0.05) is 23.7 Å². The number of nitro benzene ring substituents is 1. The minimum atomic E-state index is -0.532. The molecule has 0 fully saturated rings. The van der Waals surface area contributed by atoms with E-state index in [1.165, 1.54) is 24.4 Å². The molecule has 7 nitrogen and oxygen atoms in total. The quantitative estimate of drug-likeness (QED) is 0.494. The van der Waals surface area contributed by atoms with Crippen molar-refractivity contribution in [1.82, 2.24) is 5.43 Å². The molecule has 0 bridgehead atoms. The minimum Gasteiger partial charge on any atom is -0.497 e. The van der Waals surface area contributed by atoms with Crippen LogP contribution in [0.5, 0.6) is 5.75 Å². The van der Waals surface area contributed by atoms with E-state index in [0.29, 0.717) is 16.3 Å². The molecule has 24 heavy (non-hydrogen) atoms. The van der Waals surface area contributed by atoms with Gasteiger partial charge >= 0.3 is 0 Å². The Bertz CT molecular complexity index is 775. The molecule has 0 spiro atoms. The smallest absolute Gasteiger partial charge is 0.270 e. The number of benzene rings is 2. The van der Waals surface area contributed by atoms with E-state index < -0.39 is 4.92 Å². The molecule has 0 aromatic heterocycles. The Labute approximate surface area is 143 Å². The maximum absolute atomic E-state index is 11.8. The Hall–Kier alpha value is -2.93. The number of carbonyl (C=O) groups is 1. The summed E-state index contributed by atoms with van der Waals surface area (Å²) in [6.45, 7) is 0. The molecular formula is C16H14ClN3O4. The highest BCUT2D eigenvalue weighted by Crippen LogP contribution is 2.20. The molecule has 0 unspecified atom stereocenters. The molecule has 1 N–H and O–H groups in total. The second-order valence-corrected chi connectivity index (χ2v) is 5.19. The zero-order valence-electron chi connectivity index (χ0n) is 12.7. The van der Waals surface area contributed by atoms with Crippen LogP contribution in [0.3, 0.4) is 0 Å². The number of rotatable bonds is 6. The van der Waals surface area contributed by atoms with E-state index >= 15 is 0 Å². The molecule has 124 valence electrons. The lowest BCUT2D eigenvalue weighted by Gasteiger charge is -2.03. The zero-order chi connectivity index (χ0) is 17.5. The second kappa shape index (κ2) is 8.07. The van der Waals surface area contributed by atoms with Crippen molar-refractivity contribution >= 4 is 29.4 Å². The van der Waals surface area contributed by atoms with Gasteiger partial charge in [-0.25, -0.2) is 5.43 Å². The fraction of sp³-hybridized carbons (Fsp3) is 0.125. The molecular weight excluding hydrogens is 334 g/mol. The number of halogens is 1. The van der Waals surface area contributed by atoms with Crippen molar-refractivity contribution in [2.24, 2.45) is 5.10 Å². The van der Waals surface area contributed by atoms with Gasteiger partial charge in [0.2, 0.25) is 5.91 Å². The van der Waals surface area contributed by atoms with E-state index in [1.54, 1.807) is 31.4 Å². The van der Waals surface area contributed by atoms with E-state index in [-0.39, 0.29) is 18.0 Å². The normalized spacial score (nSPS) is 10.6. The molecule has 0 aliphatic heterocycles. The number of methoxy groups -OCH3 is 1. The van der Waals surface area contributed by atoms with Crippen molar-refractivity contribution in [3.05, 3.63) is 68.7 Å². The largest absolute Gasteiger partial charge is 0.497 e. The van der Waals surface area contributed by atoms with Crippen LogP contribution in [0.1, 0.15) is 11.1 Å². The molecule has 0 heterocycles. The topological polar surface area (TPSA) is 93.8 Å². The van der Waals surface area contributed by atoms with Gasteiger partial charge < -0.3 is 4.74 Å². The Balaban J connectivity index is 1.96. The van der Waals surface area contributed by atoms with Gasteiger partial charge in [0.05, 0.1) is 24.7 Å². The third-order valence-electron chi connectivity index (χ3n) is 3.11. The Morgan fingerprint density at radius 3 is 2.67 bits per heavy atom. The number of ether oxygens (including phenoxy) is 1. The van der Waals surface area contributed by atoms with E-state index in [0.717, 1.165) is 5.56 Å². The lowest BCUT2D eigenvalue weighted by Crippen LogP contribution is -2.19. The average Bonchev–Trinajstić information content (AvgIpc) is 2.57. The highest BCUT2D eigenvalue weighted by atomic mass is 35.5. The maximum Gasteiger partial charge on any atom is 0.270 e. The number of carbonyl (C=O) groups excluding carboxylic acids is 1. The van der Waals surface area contributed by atoms with Crippen LogP contribution in [-0.4, -0.2) is 24.2 Å². The van der Waals surface area contributed by atoms with Crippen LogP contribution >= 0.6 is 11.6 Å². The minimum absolute atomic E-state index is 0.106. The van der Waals surface area contributed by atoms with Gasteiger partial charge in [0.25, 0.3) is 5.69 Å². The van der Waals surface area contributed by atoms with Gasteiger partial charge in [0.1, 0.15) is 5.75 Å². The van der Waals surface area contributed by atoms with Gasteiger partial charge in [-0.2, -0.15) is 5.10 Å². The van der Waals surface area contributed by atoms with Crippen LogP contribution in [0.2, 0.25) is 5.02 Å². The number of amides is 1. The summed E-state index contributed by atoms with van der Waals surface area (Å²) in [6, 6.07) is 11.0. The molecule has 0 saturated carbocycles. The third-order valence-corrected chi connectivity index (χ3v) is 3.45. The number of hydrazone groups is 1. The highest BCUT2D eigenvalue weighted by molar-refractivity contribution is 6.33. The van der Waals surface area contributed by atoms with Crippen molar-refractivity contribution in [2.75, 3.05) is 7.11 Å². The van der Waals surface area contributed by atoms with Gasteiger partial charge in [-0.05, 0) is 23.8 Å². The SMILES string of the molecule is COc1ccc(CC(=O)N/N=C/c2cc([N+](=O)[O-])ccc2Cl)cc1. The average molecular weight is 348 g/mol. The van der Waals surface area contributed by atoms with E-state index in [4.69, 9.17) is 16.3 Å². The molecule has 2 aromatic carbocycles. The molecule has 0 aliphatic carbocycles. The monoisotopic (exact) mass is 347 g/mol. The van der Waals surface area contributed by atoms with Gasteiger partial charge in [0, 0.05) is 22.7 Å². The summed E-state index contributed by atoms with van der Waals surface area (Å²) in [5.74, 6) is 0.385. The molecule has 0 atom stereocenters. The van der Waals surface area contributed by atoms with Crippen LogP contribution in [0, 0.1) is 10.1 Å². The fourth-order valence-electron chi connectivity index (χ4n) is 1.89. The van der Waals surface area contributed by atoms with E-state index in [9.17, 15) is 14.9 Å². The Morgan fingerprint density at radius 2 is 2.04 bits per heavy atom. The van der Waals surface area contributed by atoms with Crippen LogP contribution in [0.4, 0.5) is 5.69 Å². The predicted molar refractivity (Wildman–Crippen MR) is 90.5 cm³/mol. The van der Waals surface area contributed by atoms with E-state index in [2.05, 4.69) is 10.5 Å². The van der Waals surface area contributed by atoms with Crippen LogP contribution < -0.4 is 10.2 Å². The summed E-state index contributed by atoms with van der Waals surface area (Å²) >= 11 is 5.94. The molecule has 0 saturated heterocycles. The zero-order valence-corrected chi connectivity index (χ0v) is 13.5. The van der Waals surface area contributed by atoms with Gasteiger partial charge in [-0.3, -0.25) is 14.9 Å². The number of nitro groups is 1. The van der Waals surface area contributed by atoms with Gasteiger partial charge in [0.15, 0.2) is 0 Å². The molecule has 2 aromatic rings. The Morgan fingerprint density at radius 1 is 1.33 bits per heavy atom. The first kappa shape index (κ1) is 17.4. The summed E-state index contributed by atoms with van der Waals surface area (Å²) < 4.78 is 5.04. The number of nitrogens with one attached hydrogen (secondary N) is 1. The number of hydrogen-bond donors (Lipinski definition) is 1. The fourth-order valence-corrected chi connectivity index (χ4v) is 2.05. The first-order valence-corrected chi connectivity index (χ1v) is 7.26. The highest BCUT2D eigenvalue weighted by Gasteiger charge is 2.08. The van der Waals surface area contributed by atoms with Crippen molar-refractivity contribution in [2.45, 2.75) is 6.42 Å². The van der Waals surface area contributed by atoms with Crippen LogP contribution in [0.15, 0.2) is 47.6 Å². The Kier molecular flexibility index (Phi) is 5.86. The first-order valence-electron chi connectivity index (χ1n) is 6.88. The van der Waals surface area contributed by atoms with Crippen LogP contribution in [-0.2, 0) is 11.2 Å². The lowest BCUT2D eigenvalue weighted by molar-refractivity contribution is -0.384. The van der Waals surface area contributed by atoms with E-state index in [1.807, 2.05) is 0 Å². The summed E-state index contributed by atoms with van der Waals surface area (Å²) in [4.78, 5) is 22.0. The molecule has 1 amide bonds. The van der Waals surface area contributed by atoms with Crippen molar-refractivity contribution < 1.29 is 14.5 Å².